The lowest BCUT2D eigenvalue weighted by molar-refractivity contribution is 0.0517. The van der Waals surface area contributed by atoms with E-state index in [2.05, 4.69) is 25.5 Å². The Morgan fingerprint density at radius 3 is 3.00 bits per heavy atom. The highest BCUT2D eigenvalue weighted by molar-refractivity contribution is 6.29. The number of hydrogen-bond donors (Lipinski definition) is 1. The van der Waals surface area contributed by atoms with E-state index in [1.54, 1.807) is 29.9 Å². The second-order valence-electron chi connectivity index (χ2n) is 5.28. The minimum atomic E-state index is -0.443. The van der Waals surface area contributed by atoms with Gasteiger partial charge in [0, 0.05) is 16.8 Å². The third kappa shape index (κ3) is 2.26. The van der Waals surface area contributed by atoms with Crippen molar-refractivity contribution < 1.29 is 9.53 Å². The first-order valence-corrected chi connectivity index (χ1v) is 7.88. The lowest BCUT2D eigenvalue weighted by Crippen LogP contribution is -2.10. The van der Waals surface area contributed by atoms with Gasteiger partial charge in [0.2, 0.25) is 0 Å². The molecule has 3 aromatic heterocycles. The molecule has 3 heterocycles. The van der Waals surface area contributed by atoms with Gasteiger partial charge in [-0.15, -0.1) is 10.2 Å². The first-order chi connectivity index (χ1) is 11.7. The van der Waals surface area contributed by atoms with Gasteiger partial charge in [-0.2, -0.15) is 10.2 Å². The predicted molar refractivity (Wildman–Crippen MR) is 85.1 cm³/mol. The molecule has 0 aliphatic heterocycles. The summed E-state index contributed by atoms with van der Waals surface area (Å²) in [6.07, 6.45) is 3.15. The summed E-state index contributed by atoms with van der Waals surface area (Å²) in [5, 5.41) is 19.7. The van der Waals surface area contributed by atoms with Crippen LogP contribution in [0.4, 0.5) is 0 Å². The van der Waals surface area contributed by atoms with Crippen LogP contribution in [0.1, 0.15) is 28.7 Å². The fourth-order valence-electron chi connectivity index (χ4n) is 2.87. The summed E-state index contributed by atoms with van der Waals surface area (Å²) < 4.78 is 6.73. The lowest BCUT2D eigenvalue weighted by Gasteiger charge is -2.13. The van der Waals surface area contributed by atoms with Crippen molar-refractivity contribution in [3.05, 3.63) is 40.4 Å². The molecule has 0 saturated carbocycles. The molecule has 0 unspecified atom stereocenters. The van der Waals surface area contributed by atoms with Crippen molar-refractivity contribution in [1.29, 1.82) is 0 Å². The molecule has 9 heteroatoms. The molecule has 0 saturated heterocycles. The van der Waals surface area contributed by atoms with Crippen molar-refractivity contribution in [1.82, 2.24) is 30.2 Å². The first kappa shape index (κ1) is 14.8. The molecule has 1 aliphatic rings. The number of esters is 1. The molecule has 0 fully saturated rings. The number of fused-ring (bicyclic) bond motifs is 3. The Labute approximate surface area is 141 Å². The van der Waals surface area contributed by atoms with Gasteiger partial charge in [-0.3, -0.25) is 5.10 Å². The average Bonchev–Trinajstić information content (AvgIpc) is 3.19. The molecule has 0 aromatic carbocycles. The van der Waals surface area contributed by atoms with Crippen molar-refractivity contribution in [2.75, 3.05) is 6.61 Å². The average molecular weight is 345 g/mol. The molecule has 0 atom stereocenters. The second kappa shape index (κ2) is 5.72. The standard InChI is InChI=1S/C15H13ClN6O2/c1-2-24-15(23)13-8-3-4-10-9(7-17-18-10)14(8)22(21-13)12-6-5-11(16)19-20-12/h5-7H,2-4H2,1H3,(H,17,18). The zero-order valence-corrected chi connectivity index (χ0v) is 13.5. The molecule has 1 aliphatic carbocycles. The minimum absolute atomic E-state index is 0.286. The highest BCUT2D eigenvalue weighted by Crippen LogP contribution is 2.35. The van der Waals surface area contributed by atoms with Gasteiger partial charge in [-0.25, -0.2) is 9.48 Å². The molecular formula is C15H13ClN6O2. The monoisotopic (exact) mass is 344 g/mol. The third-order valence-electron chi connectivity index (χ3n) is 3.89. The van der Waals surface area contributed by atoms with Crippen molar-refractivity contribution in [3.63, 3.8) is 0 Å². The number of nitrogens with zero attached hydrogens (tertiary/aromatic N) is 5. The fourth-order valence-corrected chi connectivity index (χ4v) is 2.97. The number of hydrogen-bond acceptors (Lipinski definition) is 6. The molecule has 4 rings (SSSR count). The number of carbonyl (C=O) groups is 1. The van der Waals surface area contributed by atoms with Gasteiger partial charge in [0.05, 0.1) is 18.5 Å². The maximum Gasteiger partial charge on any atom is 0.359 e. The Bertz CT molecular complexity index is 915. The van der Waals surface area contributed by atoms with Crippen molar-refractivity contribution in [2.24, 2.45) is 0 Å². The van der Waals surface area contributed by atoms with Crippen LogP contribution in [0.25, 0.3) is 17.1 Å². The van der Waals surface area contributed by atoms with Crippen LogP contribution in [0, 0.1) is 0 Å². The number of H-pyrrole nitrogens is 1. The highest BCUT2D eigenvalue weighted by atomic mass is 35.5. The number of aryl methyl sites for hydroxylation is 1. The van der Waals surface area contributed by atoms with Crippen LogP contribution >= 0.6 is 11.6 Å². The topological polar surface area (TPSA) is 98.6 Å². The number of aromatic amines is 1. The smallest absolute Gasteiger partial charge is 0.359 e. The van der Waals surface area contributed by atoms with Crippen LogP contribution in [0.5, 0.6) is 0 Å². The summed E-state index contributed by atoms with van der Waals surface area (Å²) in [7, 11) is 0. The van der Waals surface area contributed by atoms with Crippen LogP contribution in [0.15, 0.2) is 18.3 Å². The number of carbonyl (C=O) groups excluding carboxylic acids is 1. The summed E-state index contributed by atoms with van der Waals surface area (Å²) in [5.74, 6) is 0.0293. The molecule has 1 N–H and O–H groups in total. The molecule has 0 bridgehead atoms. The van der Waals surface area contributed by atoms with Gasteiger partial charge >= 0.3 is 5.97 Å². The maximum absolute atomic E-state index is 12.3. The van der Waals surface area contributed by atoms with E-state index in [0.717, 1.165) is 28.9 Å². The predicted octanol–water partition coefficient (Wildman–Crippen LogP) is 1.98. The van der Waals surface area contributed by atoms with E-state index >= 15 is 0 Å². The molecule has 3 aromatic rings. The SMILES string of the molecule is CCOC(=O)c1nn(-c2ccc(Cl)nn2)c2c1CCc1[nH]ncc1-2. The molecule has 0 radical (unpaired) electrons. The Morgan fingerprint density at radius 1 is 1.38 bits per heavy atom. The molecule has 122 valence electrons. The quantitative estimate of drug-likeness (QED) is 0.729. The highest BCUT2D eigenvalue weighted by Gasteiger charge is 2.30. The normalized spacial score (nSPS) is 12.6. The van der Waals surface area contributed by atoms with Crippen molar-refractivity contribution in [2.45, 2.75) is 19.8 Å². The largest absolute Gasteiger partial charge is 0.461 e. The van der Waals surface area contributed by atoms with E-state index in [9.17, 15) is 4.79 Å². The fraction of sp³-hybridized carbons (Fsp3) is 0.267. The van der Waals surface area contributed by atoms with Gasteiger partial charge in [0.25, 0.3) is 0 Å². The first-order valence-electron chi connectivity index (χ1n) is 7.50. The van der Waals surface area contributed by atoms with Gasteiger partial charge in [-0.1, -0.05) is 11.6 Å². The van der Waals surface area contributed by atoms with Crippen molar-refractivity contribution in [3.8, 4) is 17.1 Å². The second-order valence-corrected chi connectivity index (χ2v) is 5.67. The van der Waals surface area contributed by atoms with Crippen LogP contribution < -0.4 is 0 Å². The molecule has 0 amide bonds. The van der Waals surface area contributed by atoms with E-state index in [0.29, 0.717) is 17.9 Å². The van der Waals surface area contributed by atoms with Gasteiger partial charge in [0.15, 0.2) is 16.7 Å². The van der Waals surface area contributed by atoms with E-state index in [4.69, 9.17) is 16.3 Å². The van der Waals surface area contributed by atoms with E-state index in [-0.39, 0.29) is 11.8 Å². The molecule has 8 nitrogen and oxygen atoms in total. The molecule has 0 spiro atoms. The van der Waals surface area contributed by atoms with Crippen LogP contribution in [-0.4, -0.2) is 42.8 Å². The van der Waals surface area contributed by atoms with E-state index in [1.807, 2.05) is 0 Å². The van der Waals surface area contributed by atoms with E-state index < -0.39 is 5.97 Å². The van der Waals surface area contributed by atoms with Gasteiger partial charge in [0.1, 0.15) is 0 Å². The number of halogens is 1. The summed E-state index contributed by atoms with van der Waals surface area (Å²) in [5.41, 5.74) is 3.82. The summed E-state index contributed by atoms with van der Waals surface area (Å²) in [6, 6.07) is 3.33. The Kier molecular flexibility index (Phi) is 3.53. The number of ether oxygens (including phenoxy) is 1. The van der Waals surface area contributed by atoms with Crippen LogP contribution in [-0.2, 0) is 17.6 Å². The van der Waals surface area contributed by atoms with Crippen molar-refractivity contribution >= 4 is 17.6 Å². The van der Waals surface area contributed by atoms with Gasteiger partial charge < -0.3 is 4.74 Å². The Balaban J connectivity index is 1.94. The third-order valence-corrected chi connectivity index (χ3v) is 4.09. The Hall–Kier alpha value is -2.74. The lowest BCUT2D eigenvalue weighted by atomic mass is 9.94. The van der Waals surface area contributed by atoms with E-state index in [1.165, 1.54) is 0 Å². The Morgan fingerprint density at radius 2 is 2.25 bits per heavy atom. The minimum Gasteiger partial charge on any atom is -0.461 e. The number of rotatable bonds is 3. The molecule has 24 heavy (non-hydrogen) atoms. The number of aromatic nitrogens is 6. The zero-order chi connectivity index (χ0) is 16.7. The molecular weight excluding hydrogens is 332 g/mol. The maximum atomic E-state index is 12.3. The summed E-state index contributed by atoms with van der Waals surface area (Å²) >= 11 is 5.81. The van der Waals surface area contributed by atoms with Gasteiger partial charge in [-0.05, 0) is 31.9 Å². The number of nitrogens with one attached hydrogen (secondary N) is 1. The zero-order valence-electron chi connectivity index (χ0n) is 12.8. The van der Waals surface area contributed by atoms with Crippen LogP contribution in [0.3, 0.4) is 0 Å². The summed E-state index contributed by atoms with van der Waals surface area (Å²) in [6.45, 7) is 2.05. The summed E-state index contributed by atoms with van der Waals surface area (Å²) in [4.78, 5) is 12.3. The van der Waals surface area contributed by atoms with Crippen LogP contribution in [0.2, 0.25) is 5.15 Å².